The van der Waals surface area contributed by atoms with Gasteiger partial charge in [0.1, 0.15) is 0 Å². The molecule has 78 valence electrons. The van der Waals surface area contributed by atoms with Crippen LogP contribution < -0.4 is 0 Å². The smallest absolute Gasteiger partial charge is 0.0772 e. The van der Waals surface area contributed by atoms with Crippen molar-refractivity contribution in [1.82, 2.24) is 0 Å². The lowest BCUT2D eigenvalue weighted by Crippen LogP contribution is -1.96. The number of hydrogen-bond donors (Lipinski definition) is 1. The molecule has 1 nitrogen and oxygen atoms in total. The zero-order valence-electron chi connectivity index (χ0n) is 8.62. The molecule has 0 spiro atoms. The van der Waals surface area contributed by atoms with Crippen LogP contribution in [0.3, 0.4) is 0 Å². The van der Waals surface area contributed by atoms with Gasteiger partial charge in [-0.2, -0.15) is 0 Å². The van der Waals surface area contributed by atoms with Crippen molar-refractivity contribution in [2.45, 2.75) is 37.0 Å². The molecule has 1 aromatic carbocycles. The summed E-state index contributed by atoms with van der Waals surface area (Å²) in [6.07, 6.45) is -0.399. The second-order valence-electron chi connectivity index (χ2n) is 3.52. The molecule has 0 aliphatic heterocycles. The van der Waals surface area contributed by atoms with Crippen molar-refractivity contribution in [3.05, 3.63) is 28.2 Å². The lowest BCUT2D eigenvalue weighted by Gasteiger charge is -2.13. The fourth-order valence-electron chi connectivity index (χ4n) is 1.21. The largest absolute Gasteiger partial charge is 0.389 e. The average molecular weight is 275 g/mol. The van der Waals surface area contributed by atoms with Crippen molar-refractivity contribution in [3.8, 4) is 0 Å². The molecule has 14 heavy (non-hydrogen) atoms. The molecule has 0 aliphatic carbocycles. The van der Waals surface area contributed by atoms with Crippen LogP contribution in [0.25, 0.3) is 0 Å². The third-order valence-electron chi connectivity index (χ3n) is 1.79. The van der Waals surface area contributed by atoms with Crippen LogP contribution in [0.4, 0.5) is 0 Å². The van der Waals surface area contributed by atoms with E-state index in [1.165, 1.54) is 0 Å². The molecule has 0 fully saturated rings. The Morgan fingerprint density at radius 3 is 2.43 bits per heavy atom. The number of rotatable bonds is 3. The van der Waals surface area contributed by atoms with Gasteiger partial charge in [0, 0.05) is 14.6 Å². The molecule has 0 bridgehead atoms. The maximum absolute atomic E-state index is 9.58. The van der Waals surface area contributed by atoms with Crippen molar-refractivity contribution < 1.29 is 5.11 Å². The van der Waals surface area contributed by atoms with Gasteiger partial charge < -0.3 is 5.11 Å². The van der Waals surface area contributed by atoms with E-state index in [0.717, 1.165) is 14.9 Å². The monoisotopic (exact) mass is 274 g/mol. The Bertz CT molecular complexity index is 310. The molecule has 0 aliphatic rings. The average Bonchev–Trinajstić information content (AvgIpc) is 2.01. The molecule has 0 heterocycles. The van der Waals surface area contributed by atoms with E-state index in [1.54, 1.807) is 18.7 Å². The van der Waals surface area contributed by atoms with E-state index in [2.05, 4.69) is 35.8 Å². The summed E-state index contributed by atoms with van der Waals surface area (Å²) in [6, 6.07) is 6.00. The van der Waals surface area contributed by atoms with Gasteiger partial charge in [-0.3, -0.25) is 0 Å². The minimum atomic E-state index is -0.399. The predicted octanol–water partition coefficient (Wildman–Crippen LogP) is 4.00. The van der Waals surface area contributed by atoms with Crippen molar-refractivity contribution in [2.75, 3.05) is 0 Å². The van der Waals surface area contributed by atoms with Crippen LogP contribution in [0.15, 0.2) is 27.6 Å². The van der Waals surface area contributed by atoms with Gasteiger partial charge in [-0.1, -0.05) is 35.8 Å². The minimum absolute atomic E-state index is 0.399. The molecule has 0 saturated carbocycles. The summed E-state index contributed by atoms with van der Waals surface area (Å²) in [5.74, 6) is 0. The molecule has 1 unspecified atom stereocenters. The summed E-state index contributed by atoms with van der Waals surface area (Å²) < 4.78 is 1.06. The Morgan fingerprint density at radius 1 is 1.29 bits per heavy atom. The Balaban J connectivity index is 3.03. The number of benzene rings is 1. The third-order valence-corrected chi connectivity index (χ3v) is 3.36. The summed E-state index contributed by atoms with van der Waals surface area (Å²) in [6.45, 7) is 6.10. The first-order chi connectivity index (χ1) is 6.50. The molecule has 0 radical (unpaired) electrons. The second-order valence-corrected chi connectivity index (χ2v) is 6.06. The molecular weight excluding hydrogens is 260 g/mol. The predicted molar refractivity (Wildman–Crippen MR) is 65.8 cm³/mol. The van der Waals surface area contributed by atoms with Crippen molar-refractivity contribution >= 4 is 27.7 Å². The Morgan fingerprint density at radius 2 is 1.93 bits per heavy atom. The number of halogens is 1. The molecule has 1 aromatic rings. The van der Waals surface area contributed by atoms with E-state index >= 15 is 0 Å². The number of aliphatic hydroxyl groups is 1. The van der Waals surface area contributed by atoms with E-state index in [1.807, 2.05) is 12.1 Å². The van der Waals surface area contributed by atoms with Crippen LogP contribution in [0, 0.1) is 0 Å². The maximum Gasteiger partial charge on any atom is 0.0772 e. The maximum atomic E-state index is 9.58. The highest BCUT2D eigenvalue weighted by molar-refractivity contribution is 9.10. The van der Waals surface area contributed by atoms with Gasteiger partial charge in [0.05, 0.1) is 6.10 Å². The summed E-state index contributed by atoms with van der Waals surface area (Å²) in [7, 11) is 0. The zero-order chi connectivity index (χ0) is 10.7. The molecule has 3 heteroatoms. The number of hydrogen-bond acceptors (Lipinski definition) is 2. The van der Waals surface area contributed by atoms with Gasteiger partial charge in [-0.05, 0) is 24.6 Å². The molecule has 1 N–H and O–H groups in total. The highest BCUT2D eigenvalue weighted by atomic mass is 79.9. The topological polar surface area (TPSA) is 20.2 Å². The van der Waals surface area contributed by atoms with Crippen LogP contribution in [0.5, 0.6) is 0 Å². The summed E-state index contributed by atoms with van der Waals surface area (Å²) in [5.41, 5.74) is 1.01. The van der Waals surface area contributed by atoms with Crippen molar-refractivity contribution in [2.24, 2.45) is 0 Å². The molecule has 0 aromatic heterocycles. The van der Waals surface area contributed by atoms with Gasteiger partial charge >= 0.3 is 0 Å². The van der Waals surface area contributed by atoms with Crippen LogP contribution in [-0.4, -0.2) is 10.4 Å². The van der Waals surface area contributed by atoms with Crippen LogP contribution in [0.1, 0.15) is 32.4 Å². The van der Waals surface area contributed by atoms with Gasteiger partial charge in [-0.25, -0.2) is 0 Å². The quantitative estimate of drug-likeness (QED) is 0.841. The van der Waals surface area contributed by atoms with Crippen LogP contribution >= 0.6 is 27.7 Å². The molecular formula is C11H15BrOS. The van der Waals surface area contributed by atoms with Crippen molar-refractivity contribution in [3.63, 3.8) is 0 Å². The van der Waals surface area contributed by atoms with Crippen LogP contribution in [-0.2, 0) is 0 Å². The van der Waals surface area contributed by atoms with Gasteiger partial charge in [0.15, 0.2) is 0 Å². The molecule has 1 atom stereocenters. The van der Waals surface area contributed by atoms with Crippen molar-refractivity contribution in [1.29, 1.82) is 0 Å². The lowest BCUT2D eigenvalue weighted by molar-refractivity contribution is 0.196. The summed E-state index contributed by atoms with van der Waals surface area (Å²) >= 11 is 5.22. The van der Waals surface area contributed by atoms with E-state index in [4.69, 9.17) is 0 Å². The Kier molecular flexibility index (Phi) is 4.48. The van der Waals surface area contributed by atoms with E-state index in [0.29, 0.717) is 5.25 Å². The molecule has 0 saturated heterocycles. The summed E-state index contributed by atoms with van der Waals surface area (Å²) in [4.78, 5) is 1.16. The first-order valence-electron chi connectivity index (χ1n) is 4.65. The van der Waals surface area contributed by atoms with Crippen LogP contribution in [0.2, 0.25) is 0 Å². The normalized spacial score (nSPS) is 13.3. The highest BCUT2D eigenvalue weighted by Crippen LogP contribution is 2.32. The minimum Gasteiger partial charge on any atom is -0.389 e. The SMILES string of the molecule is CC(C)Sc1cc(Br)ccc1C(C)O. The number of aliphatic hydroxyl groups excluding tert-OH is 1. The first-order valence-corrected chi connectivity index (χ1v) is 6.32. The third kappa shape index (κ3) is 3.30. The zero-order valence-corrected chi connectivity index (χ0v) is 11.0. The van der Waals surface area contributed by atoms with Gasteiger partial charge in [-0.15, -0.1) is 11.8 Å². The van der Waals surface area contributed by atoms with E-state index in [-0.39, 0.29) is 0 Å². The van der Waals surface area contributed by atoms with E-state index < -0.39 is 6.10 Å². The first kappa shape index (κ1) is 12.1. The van der Waals surface area contributed by atoms with Gasteiger partial charge in [0.2, 0.25) is 0 Å². The fourth-order valence-corrected chi connectivity index (χ4v) is 2.80. The van der Waals surface area contributed by atoms with E-state index in [9.17, 15) is 5.11 Å². The fraction of sp³-hybridized carbons (Fsp3) is 0.455. The highest BCUT2D eigenvalue weighted by Gasteiger charge is 2.10. The number of thioether (sulfide) groups is 1. The van der Waals surface area contributed by atoms with Gasteiger partial charge in [0.25, 0.3) is 0 Å². The standard InChI is InChI=1S/C11H15BrOS/c1-7(2)14-11-6-9(12)4-5-10(11)8(3)13/h4-8,13H,1-3H3. The Hall–Kier alpha value is 0.01000. The molecule has 1 rings (SSSR count). The Labute approximate surface area is 98.0 Å². The second kappa shape index (κ2) is 5.19. The molecule has 0 amide bonds. The lowest BCUT2D eigenvalue weighted by atomic mass is 10.1. The summed E-state index contributed by atoms with van der Waals surface area (Å²) in [5, 5.41) is 10.1.